The maximum Gasteiger partial charge on any atom is 0.126 e. The molecule has 88 valence electrons. The van der Waals surface area contributed by atoms with Crippen molar-refractivity contribution in [3.05, 3.63) is 28.0 Å². The Kier molecular flexibility index (Phi) is 3.57. The maximum atomic E-state index is 12.9. The molecule has 1 aromatic carbocycles. The van der Waals surface area contributed by atoms with E-state index in [1.807, 2.05) is 0 Å². The fourth-order valence-corrected chi connectivity index (χ4v) is 2.33. The van der Waals surface area contributed by atoms with Gasteiger partial charge in [-0.1, -0.05) is 23.2 Å². The Morgan fingerprint density at radius 3 is 2.38 bits per heavy atom. The number of benzene rings is 1. The van der Waals surface area contributed by atoms with Crippen LogP contribution in [-0.4, -0.2) is 19.3 Å². The quantitative estimate of drug-likeness (QED) is 0.898. The van der Waals surface area contributed by atoms with E-state index in [2.05, 4.69) is 5.32 Å². The number of hydrogen-bond acceptors (Lipinski definition) is 2. The number of methoxy groups -OCH3 is 1. The van der Waals surface area contributed by atoms with Crippen molar-refractivity contribution in [1.29, 1.82) is 0 Å². The van der Waals surface area contributed by atoms with Gasteiger partial charge in [0.2, 0.25) is 0 Å². The van der Waals surface area contributed by atoms with Crippen molar-refractivity contribution in [3.8, 4) is 0 Å². The number of anilines is 1. The summed E-state index contributed by atoms with van der Waals surface area (Å²) in [5, 5.41) is 3.82. The summed E-state index contributed by atoms with van der Waals surface area (Å²) in [6.07, 6.45) is 2.14. The van der Waals surface area contributed by atoms with Crippen molar-refractivity contribution in [3.63, 3.8) is 0 Å². The number of rotatable bonds is 3. The number of nitrogens with one attached hydrogen (secondary N) is 1. The molecule has 0 unspecified atom stereocenters. The van der Waals surface area contributed by atoms with Gasteiger partial charge in [0.1, 0.15) is 5.82 Å². The first-order chi connectivity index (χ1) is 7.60. The van der Waals surface area contributed by atoms with Gasteiger partial charge in [-0.15, -0.1) is 0 Å². The SMILES string of the molecule is COC1CC(Nc2c(Cl)cc(F)cc2Cl)C1. The highest BCUT2D eigenvalue weighted by Gasteiger charge is 2.29. The molecule has 0 radical (unpaired) electrons. The van der Waals surface area contributed by atoms with Crippen LogP contribution in [0.15, 0.2) is 12.1 Å². The third-order valence-corrected chi connectivity index (χ3v) is 3.38. The molecule has 0 aliphatic heterocycles. The van der Waals surface area contributed by atoms with Gasteiger partial charge < -0.3 is 10.1 Å². The average Bonchev–Trinajstić information content (AvgIpc) is 2.13. The fourth-order valence-electron chi connectivity index (χ4n) is 1.76. The molecule has 1 aromatic rings. The first-order valence-electron chi connectivity index (χ1n) is 5.04. The number of hydrogen-bond donors (Lipinski definition) is 1. The second kappa shape index (κ2) is 4.78. The Labute approximate surface area is 104 Å². The molecular formula is C11H12Cl2FNO. The van der Waals surface area contributed by atoms with Gasteiger partial charge in [-0.05, 0) is 25.0 Å². The Balaban J connectivity index is 2.05. The lowest BCUT2D eigenvalue weighted by Crippen LogP contribution is -2.40. The summed E-state index contributed by atoms with van der Waals surface area (Å²) in [6, 6.07) is 2.80. The fraction of sp³-hybridized carbons (Fsp3) is 0.455. The van der Waals surface area contributed by atoms with Crippen LogP contribution < -0.4 is 5.32 Å². The summed E-state index contributed by atoms with van der Waals surface area (Å²) in [7, 11) is 1.69. The number of ether oxygens (including phenoxy) is 1. The van der Waals surface area contributed by atoms with E-state index in [1.165, 1.54) is 12.1 Å². The predicted molar refractivity (Wildman–Crippen MR) is 63.9 cm³/mol. The molecule has 5 heteroatoms. The van der Waals surface area contributed by atoms with E-state index in [1.54, 1.807) is 7.11 Å². The molecule has 0 heterocycles. The molecule has 2 rings (SSSR count). The number of halogens is 3. The lowest BCUT2D eigenvalue weighted by Gasteiger charge is -2.35. The van der Waals surface area contributed by atoms with Crippen LogP contribution in [0.5, 0.6) is 0 Å². The van der Waals surface area contributed by atoms with Crippen molar-refractivity contribution >= 4 is 28.9 Å². The van der Waals surface area contributed by atoms with Gasteiger partial charge in [0, 0.05) is 13.2 Å². The summed E-state index contributed by atoms with van der Waals surface area (Å²) < 4.78 is 18.1. The van der Waals surface area contributed by atoms with Crippen LogP contribution in [0.2, 0.25) is 10.0 Å². The third-order valence-electron chi connectivity index (χ3n) is 2.78. The Morgan fingerprint density at radius 1 is 1.31 bits per heavy atom. The standard InChI is InChI=1S/C11H12Cl2FNO/c1-16-8-4-7(5-8)15-11-9(12)2-6(14)3-10(11)13/h2-3,7-8,15H,4-5H2,1H3. The smallest absolute Gasteiger partial charge is 0.126 e. The lowest BCUT2D eigenvalue weighted by molar-refractivity contribution is 0.0329. The normalized spacial score (nSPS) is 24.0. The van der Waals surface area contributed by atoms with Gasteiger partial charge in [0.05, 0.1) is 21.8 Å². The first kappa shape index (κ1) is 12.0. The van der Waals surface area contributed by atoms with Gasteiger partial charge in [0.25, 0.3) is 0 Å². The zero-order valence-corrected chi connectivity index (χ0v) is 10.3. The van der Waals surface area contributed by atoms with Crippen LogP contribution in [0.4, 0.5) is 10.1 Å². The molecule has 0 aromatic heterocycles. The summed E-state index contributed by atoms with van der Waals surface area (Å²) in [5.74, 6) is -0.427. The summed E-state index contributed by atoms with van der Waals surface area (Å²) >= 11 is 11.8. The van der Waals surface area contributed by atoms with Crippen LogP contribution in [0.25, 0.3) is 0 Å². The monoisotopic (exact) mass is 263 g/mol. The van der Waals surface area contributed by atoms with Crippen LogP contribution >= 0.6 is 23.2 Å². The zero-order chi connectivity index (χ0) is 11.7. The maximum absolute atomic E-state index is 12.9. The summed E-state index contributed by atoms with van der Waals surface area (Å²) in [4.78, 5) is 0. The van der Waals surface area contributed by atoms with Crippen LogP contribution in [0.3, 0.4) is 0 Å². The minimum Gasteiger partial charge on any atom is -0.381 e. The second-order valence-electron chi connectivity index (χ2n) is 3.91. The van der Waals surface area contributed by atoms with Crippen molar-refractivity contribution < 1.29 is 9.13 Å². The molecular weight excluding hydrogens is 252 g/mol. The molecule has 1 saturated carbocycles. The Bertz CT molecular complexity index is 371. The first-order valence-corrected chi connectivity index (χ1v) is 5.79. The van der Waals surface area contributed by atoms with E-state index in [-0.39, 0.29) is 0 Å². The Morgan fingerprint density at radius 2 is 1.88 bits per heavy atom. The topological polar surface area (TPSA) is 21.3 Å². The molecule has 0 bridgehead atoms. The molecule has 16 heavy (non-hydrogen) atoms. The zero-order valence-electron chi connectivity index (χ0n) is 8.77. The van der Waals surface area contributed by atoms with Gasteiger partial charge in [-0.2, -0.15) is 0 Å². The lowest BCUT2D eigenvalue weighted by atomic mass is 9.89. The molecule has 0 saturated heterocycles. The predicted octanol–water partition coefficient (Wildman–Crippen LogP) is 3.72. The van der Waals surface area contributed by atoms with E-state index in [9.17, 15) is 4.39 Å². The minimum atomic E-state index is -0.427. The molecule has 0 amide bonds. The second-order valence-corrected chi connectivity index (χ2v) is 4.73. The molecule has 1 aliphatic rings. The third kappa shape index (κ3) is 2.42. The van der Waals surface area contributed by atoms with Crippen molar-refractivity contribution in [2.24, 2.45) is 0 Å². The van der Waals surface area contributed by atoms with Gasteiger partial charge >= 0.3 is 0 Å². The highest BCUT2D eigenvalue weighted by molar-refractivity contribution is 6.39. The molecule has 2 nitrogen and oxygen atoms in total. The molecule has 1 aliphatic carbocycles. The van der Waals surface area contributed by atoms with Crippen molar-refractivity contribution in [2.45, 2.75) is 25.0 Å². The largest absolute Gasteiger partial charge is 0.381 e. The highest BCUT2D eigenvalue weighted by Crippen LogP contribution is 2.35. The van der Waals surface area contributed by atoms with E-state index < -0.39 is 5.82 Å². The molecule has 0 atom stereocenters. The molecule has 1 fully saturated rings. The van der Waals surface area contributed by atoms with Crippen LogP contribution in [-0.2, 0) is 4.74 Å². The van der Waals surface area contributed by atoms with Gasteiger partial charge in [0.15, 0.2) is 0 Å². The van der Waals surface area contributed by atoms with Crippen LogP contribution in [0, 0.1) is 5.82 Å². The van der Waals surface area contributed by atoms with E-state index in [0.29, 0.717) is 27.9 Å². The summed E-state index contributed by atoms with van der Waals surface area (Å²) in [6.45, 7) is 0. The van der Waals surface area contributed by atoms with Gasteiger partial charge in [-0.3, -0.25) is 0 Å². The summed E-state index contributed by atoms with van der Waals surface area (Å²) in [5.41, 5.74) is 0.601. The highest BCUT2D eigenvalue weighted by atomic mass is 35.5. The minimum absolute atomic E-state index is 0.297. The van der Waals surface area contributed by atoms with Crippen molar-refractivity contribution in [1.82, 2.24) is 0 Å². The van der Waals surface area contributed by atoms with Crippen molar-refractivity contribution in [2.75, 3.05) is 12.4 Å². The Hall–Kier alpha value is -0.510. The van der Waals surface area contributed by atoms with Crippen LogP contribution in [0.1, 0.15) is 12.8 Å². The van der Waals surface area contributed by atoms with E-state index in [4.69, 9.17) is 27.9 Å². The van der Waals surface area contributed by atoms with Gasteiger partial charge in [-0.25, -0.2) is 4.39 Å². The molecule has 1 N–H and O–H groups in total. The average molecular weight is 264 g/mol. The van der Waals surface area contributed by atoms with E-state index >= 15 is 0 Å². The molecule has 0 spiro atoms. The van der Waals surface area contributed by atoms with E-state index in [0.717, 1.165) is 12.8 Å².